The lowest BCUT2D eigenvalue weighted by Crippen LogP contribution is -2.55. The molecule has 2 heterocycles. The van der Waals surface area contributed by atoms with Crippen LogP contribution < -0.4 is 5.32 Å². The predicted octanol–water partition coefficient (Wildman–Crippen LogP) is 3.69. The quantitative estimate of drug-likeness (QED) is 0.839. The molecule has 6 heteroatoms. The molecule has 3 rings (SSSR count). The van der Waals surface area contributed by atoms with Crippen molar-refractivity contribution >= 4 is 23.7 Å². The van der Waals surface area contributed by atoms with Gasteiger partial charge in [-0.3, -0.25) is 4.79 Å². The number of hydrogen-bond donors (Lipinski definition) is 1. The molecule has 0 saturated carbocycles. The maximum absolute atomic E-state index is 13.2. The molecule has 2 aliphatic heterocycles. The van der Waals surface area contributed by atoms with Crippen LogP contribution in [0.1, 0.15) is 56.5 Å². The Balaban J connectivity index is 1.71. The van der Waals surface area contributed by atoms with Crippen LogP contribution in [0.4, 0.5) is 4.79 Å². The maximum atomic E-state index is 13.2. The Labute approximate surface area is 166 Å². The molecule has 2 fully saturated rings. The summed E-state index contributed by atoms with van der Waals surface area (Å²) < 4.78 is 0. The van der Waals surface area contributed by atoms with Crippen LogP contribution in [0.3, 0.4) is 0 Å². The number of carbonyl (C=O) groups excluding carboxylic acids is 2. The molecule has 2 aliphatic rings. The molecule has 0 bridgehead atoms. The number of hydrogen-bond acceptors (Lipinski definition) is 3. The molecular weight excluding hydrogens is 358 g/mol. The fraction of sp³-hybridized carbons (Fsp3) is 0.619. The van der Waals surface area contributed by atoms with Gasteiger partial charge in [0.1, 0.15) is 0 Å². The van der Waals surface area contributed by atoms with Crippen molar-refractivity contribution in [3.63, 3.8) is 0 Å². The minimum absolute atomic E-state index is 0.00555. The van der Waals surface area contributed by atoms with E-state index in [1.54, 1.807) is 0 Å². The van der Waals surface area contributed by atoms with Crippen LogP contribution in [-0.2, 0) is 5.41 Å². The SMILES string of the molecule is CCNC(=O)N1CCC2(CC1)SCCN2C(=O)c1ccc(C(C)(C)C)cc1. The molecule has 1 aromatic rings. The van der Waals surface area contributed by atoms with Crippen LogP contribution >= 0.6 is 11.8 Å². The van der Waals surface area contributed by atoms with E-state index in [9.17, 15) is 9.59 Å². The number of benzene rings is 1. The van der Waals surface area contributed by atoms with Crippen molar-refractivity contribution in [2.75, 3.05) is 31.9 Å². The number of carbonyl (C=O) groups is 2. The minimum atomic E-state index is -0.164. The van der Waals surface area contributed by atoms with Crippen LogP contribution in [0.25, 0.3) is 0 Å². The zero-order valence-electron chi connectivity index (χ0n) is 16.9. The van der Waals surface area contributed by atoms with Gasteiger partial charge in [0.2, 0.25) is 0 Å². The summed E-state index contributed by atoms with van der Waals surface area (Å²) in [5.41, 5.74) is 2.08. The van der Waals surface area contributed by atoms with E-state index in [0.717, 1.165) is 30.7 Å². The van der Waals surface area contributed by atoms with Gasteiger partial charge >= 0.3 is 6.03 Å². The van der Waals surface area contributed by atoms with Gasteiger partial charge in [-0.2, -0.15) is 0 Å². The van der Waals surface area contributed by atoms with Crippen LogP contribution in [-0.4, -0.2) is 58.5 Å². The molecule has 0 atom stereocenters. The average molecular weight is 390 g/mol. The summed E-state index contributed by atoms with van der Waals surface area (Å²) in [7, 11) is 0. The van der Waals surface area contributed by atoms with Gasteiger partial charge in [-0.15, -0.1) is 11.8 Å². The van der Waals surface area contributed by atoms with E-state index in [4.69, 9.17) is 0 Å². The third-order valence-corrected chi connectivity index (χ3v) is 7.13. The molecule has 1 spiro atoms. The Morgan fingerprint density at radius 1 is 1.11 bits per heavy atom. The standard InChI is InChI=1S/C21H31N3O2S/c1-5-22-19(26)23-12-10-21(11-13-23)24(14-15-27-21)18(25)16-6-8-17(9-7-16)20(2,3)4/h6-9H,5,10-15H2,1-4H3,(H,22,26). The number of amides is 3. The number of rotatable bonds is 2. The number of likely N-dealkylation sites (tertiary alicyclic amines) is 1. The Morgan fingerprint density at radius 2 is 1.74 bits per heavy atom. The summed E-state index contributed by atoms with van der Waals surface area (Å²) in [6.45, 7) is 11.3. The Hall–Kier alpha value is -1.69. The van der Waals surface area contributed by atoms with E-state index in [-0.39, 0.29) is 22.2 Å². The second-order valence-electron chi connectivity index (χ2n) is 8.40. The zero-order valence-corrected chi connectivity index (χ0v) is 17.7. The van der Waals surface area contributed by atoms with E-state index in [1.807, 2.05) is 35.7 Å². The van der Waals surface area contributed by atoms with E-state index in [1.165, 1.54) is 5.56 Å². The molecule has 1 N–H and O–H groups in total. The van der Waals surface area contributed by atoms with Gasteiger partial charge in [-0.1, -0.05) is 32.9 Å². The van der Waals surface area contributed by atoms with Crippen LogP contribution in [0.2, 0.25) is 0 Å². The van der Waals surface area contributed by atoms with Gasteiger partial charge in [-0.05, 0) is 42.9 Å². The maximum Gasteiger partial charge on any atom is 0.317 e. The highest BCUT2D eigenvalue weighted by molar-refractivity contribution is 8.00. The first-order valence-electron chi connectivity index (χ1n) is 9.86. The molecule has 3 amide bonds. The molecule has 148 valence electrons. The monoisotopic (exact) mass is 389 g/mol. The molecule has 2 saturated heterocycles. The van der Waals surface area contributed by atoms with Crippen LogP contribution in [0.15, 0.2) is 24.3 Å². The highest BCUT2D eigenvalue weighted by atomic mass is 32.2. The van der Waals surface area contributed by atoms with Crippen molar-refractivity contribution in [1.29, 1.82) is 0 Å². The molecule has 0 unspecified atom stereocenters. The third-order valence-electron chi connectivity index (χ3n) is 5.58. The Bertz CT molecular complexity index is 688. The lowest BCUT2D eigenvalue weighted by molar-refractivity contribution is 0.0581. The van der Waals surface area contributed by atoms with E-state index in [0.29, 0.717) is 19.6 Å². The fourth-order valence-electron chi connectivity index (χ4n) is 3.90. The van der Waals surface area contributed by atoms with Gasteiger partial charge < -0.3 is 15.1 Å². The minimum Gasteiger partial charge on any atom is -0.338 e. The number of thioether (sulfide) groups is 1. The summed E-state index contributed by atoms with van der Waals surface area (Å²) in [5.74, 6) is 1.08. The first kappa shape index (κ1) is 20.1. The molecule has 1 aromatic carbocycles. The molecule has 0 aromatic heterocycles. The highest BCUT2D eigenvalue weighted by Gasteiger charge is 2.47. The molecule has 0 radical (unpaired) electrons. The second-order valence-corrected chi connectivity index (χ2v) is 9.86. The second kappa shape index (κ2) is 7.74. The number of nitrogens with one attached hydrogen (secondary N) is 1. The van der Waals surface area contributed by atoms with Crippen molar-refractivity contribution in [3.05, 3.63) is 35.4 Å². The van der Waals surface area contributed by atoms with Crippen molar-refractivity contribution in [2.24, 2.45) is 0 Å². The lowest BCUT2D eigenvalue weighted by Gasteiger charge is -2.44. The zero-order chi connectivity index (χ0) is 19.7. The Morgan fingerprint density at radius 3 is 2.30 bits per heavy atom. The fourth-order valence-corrected chi connectivity index (χ4v) is 5.36. The highest BCUT2D eigenvalue weighted by Crippen LogP contribution is 2.44. The van der Waals surface area contributed by atoms with Crippen LogP contribution in [0, 0.1) is 0 Å². The van der Waals surface area contributed by atoms with Crippen molar-refractivity contribution in [2.45, 2.75) is 50.8 Å². The van der Waals surface area contributed by atoms with E-state index in [2.05, 4.69) is 43.1 Å². The third kappa shape index (κ3) is 4.10. The van der Waals surface area contributed by atoms with Crippen molar-refractivity contribution in [3.8, 4) is 0 Å². The summed E-state index contributed by atoms with van der Waals surface area (Å²) >= 11 is 1.88. The van der Waals surface area contributed by atoms with Crippen LogP contribution in [0.5, 0.6) is 0 Å². The lowest BCUT2D eigenvalue weighted by atomic mass is 9.86. The largest absolute Gasteiger partial charge is 0.338 e. The van der Waals surface area contributed by atoms with Crippen molar-refractivity contribution < 1.29 is 9.59 Å². The summed E-state index contributed by atoms with van der Waals surface area (Å²) in [6, 6.07) is 8.07. The Kier molecular flexibility index (Phi) is 5.75. The first-order chi connectivity index (χ1) is 12.8. The van der Waals surface area contributed by atoms with Gasteiger partial charge in [0.25, 0.3) is 5.91 Å². The van der Waals surface area contributed by atoms with Crippen molar-refractivity contribution in [1.82, 2.24) is 15.1 Å². The smallest absolute Gasteiger partial charge is 0.317 e. The van der Waals surface area contributed by atoms with Gasteiger partial charge in [0, 0.05) is 37.5 Å². The predicted molar refractivity (Wildman–Crippen MR) is 111 cm³/mol. The molecule has 5 nitrogen and oxygen atoms in total. The van der Waals surface area contributed by atoms with Gasteiger partial charge in [0.05, 0.1) is 4.87 Å². The van der Waals surface area contributed by atoms with E-state index < -0.39 is 0 Å². The summed E-state index contributed by atoms with van der Waals surface area (Å²) in [4.78, 5) is 29.1. The first-order valence-corrected chi connectivity index (χ1v) is 10.8. The van der Waals surface area contributed by atoms with Gasteiger partial charge in [0.15, 0.2) is 0 Å². The molecule has 27 heavy (non-hydrogen) atoms. The number of urea groups is 1. The molecule has 0 aliphatic carbocycles. The summed E-state index contributed by atoms with van der Waals surface area (Å²) in [6.07, 6.45) is 1.67. The topological polar surface area (TPSA) is 52.7 Å². The normalized spacial score (nSPS) is 19.4. The molecular formula is C21H31N3O2S. The van der Waals surface area contributed by atoms with E-state index >= 15 is 0 Å². The number of nitrogens with zero attached hydrogens (tertiary/aromatic N) is 2. The average Bonchev–Trinajstić information content (AvgIpc) is 3.04. The number of piperidine rings is 1. The summed E-state index contributed by atoms with van der Waals surface area (Å²) in [5, 5.41) is 2.87. The van der Waals surface area contributed by atoms with Gasteiger partial charge in [-0.25, -0.2) is 4.79 Å².